The topological polar surface area (TPSA) is 50.2 Å². The fraction of sp³-hybridized carbons (Fsp3) is 0.524. The predicted octanol–water partition coefficient (Wildman–Crippen LogP) is 3.54. The van der Waals surface area contributed by atoms with E-state index < -0.39 is 0 Å². The highest BCUT2D eigenvalue weighted by Crippen LogP contribution is 2.26. The smallest absolute Gasteiger partial charge is 0.274 e. The first-order valence-electron chi connectivity index (χ1n) is 9.63. The van der Waals surface area contributed by atoms with E-state index >= 15 is 0 Å². The number of hydrogen-bond acceptors (Lipinski definition) is 3. The van der Waals surface area contributed by atoms with Gasteiger partial charge >= 0.3 is 0 Å². The summed E-state index contributed by atoms with van der Waals surface area (Å²) in [6, 6.07) is 8.28. The van der Waals surface area contributed by atoms with Crippen LogP contribution in [0.4, 0.5) is 0 Å². The maximum Gasteiger partial charge on any atom is 0.274 e. The largest absolute Gasteiger partial charge is 0.343 e. The molecule has 3 rings (SSSR count). The van der Waals surface area contributed by atoms with Gasteiger partial charge in [0.25, 0.3) is 5.91 Å². The van der Waals surface area contributed by atoms with Gasteiger partial charge in [-0.25, -0.2) is 0 Å². The third-order valence-corrected chi connectivity index (χ3v) is 5.25. The van der Waals surface area contributed by atoms with Crippen LogP contribution in [0.5, 0.6) is 0 Å². The summed E-state index contributed by atoms with van der Waals surface area (Å²) < 4.78 is 2.06. The number of aromatic nitrogens is 2. The Morgan fingerprint density at radius 1 is 1.33 bits per heavy atom. The van der Waals surface area contributed by atoms with Crippen LogP contribution in [0.15, 0.2) is 24.3 Å². The quantitative estimate of drug-likeness (QED) is 0.823. The summed E-state index contributed by atoms with van der Waals surface area (Å²) in [6.07, 6.45) is 2.85. The van der Waals surface area contributed by atoms with Crippen molar-refractivity contribution in [3.63, 3.8) is 0 Å². The fourth-order valence-corrected chi connectivity index (χ4v) is 3.73. The van der Waals surface area contributed by atoms with Gasteiger partial charge in [-0.3, -0.25) is 9.48 Å². The summed E-state index contributed by atoms with van der Waals surface area (Å²) in [5.41, 5.74) is 4.19. The van der Waals surface area contributed by atoms with E-state index in [4.69, 9.17) is 16.7 Å². The molecule has 1 heterocycles. The molecule has 0 aliphatic heterocycles. The second kappa shape index (κ2) is 8.44. The Bertz CT molecular complexity index is 795. The van der Waals surface area contributed by atoms with Crippen molar-refractivity contribution in [3.8, 4) is 0 Å². The molecular weight excluding hydrogens is 360 g/mol. The summed E-state index contributed by atoms with van der Waals surface area (Å²) in [6.45, 7) is 6.02. The summed E-state index contributed by atoms with van der Waals surface area (Å²) in [5.74, 6) is 0.490. The normalized spacial score (nSPS) is 16.4. The zero-order valence-electron chi connectivity index (χ0n) is 16.6. The van der Waals surface area contributed by atoms with E-state index in [1.807, 2.05) is 24.3 Å². The lowest BCUT2D eigenvalue weighted by Gasteiger charge is -2.25. The number of fused-ring (bicyclic) bond motifs is 1. The number of nitrogens with zero attached hydrogens (tertiary/aromatic N) is 3. The highest BCUT2D eigenvalue weighted by molar-refractivity contribution is 6.30. The molecule has 5 nitrogen and oxygen atoms in total. The predicted molar refractivity (Wildman–Crippen MR) is 109 cm³/mol. The van der Waals surface area contributed by atoms with E-state index in [1.165, 1.54) is 11.3 Å². The molecule has 1 aromatic heterocycles. The Balaban J connectivity index is 1.77. The Morgan fingerprint density at radius 2 is 2.04 bits per heavy atom. The van der Waals surface area contributed by atoms with Crippen molar-refractivity contribution < 1.29 is 4.79 Å². The molecule has 1 atom stereocenters. The second-order valence-electron chi connectivity index (χ2n) is 8.00. The van der Waals surface area contributed by atoms with Crippen molar-refractivity contribution in [2.45, 2.75) is 52.2 Å². The van der Waals surface area contributed by atoms with E-state index in [2.05, 4.69) is 23.8 Å². The van der Waals surface area contributed by atoms with Crippen molar-refractivity contribution in [2.24, 2.45) is 5.92 Å². The van der Waals surface area contributed by atoms with Gasteiger partial charge in [-0.1, -0.05) is 37.6 Å². The maximum atomic E-state index is 12.7. The maximum absolute atomic E-state index is 12.7. The Morgan fingerprint density at radius 3 is 2.67 bits per heavy atom. The highest BCUT2D eigenvalue weighted by atomic mass is 35.5. The standard InChI is InChI=1S/C21H29ClN4O/c1-14(2)13-26-19-10-9-17(23-12-15-5-7-16(22)8-6-15)11-18(19)20(24-26)21(27)25(3)4/h5-8,14,17,23H,9-13H2,1-4H3. The first kappa shape index (κ1) is 19.9. The molecule has 2 aromatic rings. The van der Waals surface area contributed by atoms with Crippen LogP contribution in [0.2, 0.25) is 5.02 Å². The number of carbonyl (C=O) groups is 1. The summed E-state index contributed by atoms with van der Waals surface area (Å²) >= 11 is 5.96. The van der Waals surface area contributed by atoms with Gasteiger partial charge in [-0.05, 0) is 42.9 Å². The van der Waals surface area contributed by atoms with Crippen molar-refractivity contribution in [1.82, 2.24) is 20.0 Å². The number of nitrogens with one attached hydrogen (secondary N) is 1. The molecule has 1 aliphatic carbocycles. The van der Waals surface area contributed by atoms with Gasteiger partial charge in [0.15, 0.2) is 5.69 Å². The first-order valence-corrected chi connectivity index (χ1v) is 10.0. The van der Waals surface area contributed by atoms with Crippen molar-refractivity contribution in [1.29, 1.82) is 0 Å². The minimum atomic E-state index is -0.00731. The van der Waals surface area contributed by atoms with Crippen LogP contribution in [0, 0.1) is 5.92 Å². The van der Waals surface area contributed by atoms with Gasteiger partial charge in [0.2, 0.25) is 0 Å². The summed E-state index contributed by atoms with van der Waals surface area (Å²) in [7, 11) is 3.57. The van der Waals surface area contributed by atoms with E-state index in [9.17, 15) is 4.79 Å². The average Bonchev–Trinajstić information content (AvgIpc) is 2.97. The zero-order valence-corrected chi connectivity index (χ0v) is 17.4. The molecule has 1 N–H and O–H groups in total. The van der Waals surface area contributed by atoms with Crippen LogP contribution in [0.25, 0.3) is 0 Å². The number of benzene rings is 1. The van der Waals surface area contributed by atoms with Crippen LogP contribution in [-0.4, -0.2) is 40.7 Å². The molecular formula is C21H29ClN4O. The summed E-state index contributed by atoms with van der Waals surface area (Å²) in [4.78, 5) is 14.3. The molecule has 0 saturated carbocycles. The van der Waals surface area contributed by atoms with Gasteiger partial charge in [0, 0.05) is 49.5 Å². The molecule has 1 aromatic carbocycles. The monoisotopic (exact) mass is 388 g/mol. The average molecular weight is 389 g/mol. The zero-order chi connectivity index (χ0) is 19.6. The molecule has 0 fully saturated rings. The van der Waals surface area contributed by atoms with Crippen LogP contribution < -0.4 is 5.32 Å². The molecule has 0 saturated heterocycles. The number of amides is 1. The minimum absolute atomic E-state index is 0.00731. The van der Waals surface area contributed by atoms with E-state index in [0.717, 1.165) is 42.9 Å². The molecule has 27 heavy (non-hydrogen) atoms. The van der Waals surface area contributed by atoms with Crippen molar-refractivity contribution in [3.05, 3.63) is 51.8 Å². The van der Waals surface area contributed by atoms with Gasteiger partial charge in [0.1, 0.15) is 0 Å². The number of hydrogen-bond donors (Lipinski definition) is 1. The molecule has 0 bridgehead atoms. The van der Waals surface area contributed by atoms with Crippen LogP contribution in [0.3, 0.4) is 0 Å². The van der Waals surface area contributed by atoms with Gasteiger partial charge < -0.3 is 10.2 Å². The third-order valence-electron chi connectivity index (χ3n) is 5.00. The second-order valence-corrected chi connectivity index (χ2v) is 8.43. The molecule has 0 spiro atoms. The van der Waals surface area contributed by atoms with E-state index in [0.29, 0.717) is 17.7 Å². The molecule has 6 heteroatoms. The number of carbonyl (C=O) groups excluding carboxylic acids is 1. The Hall–Kier alpha value is -1.85. The minimum Gasteiger partial charge on any atom is -0.343 e. The van der Waals surface area contributed by atoms with Crippen LogP contribution >= 0.6 is 11.6 Å². The van der Waals surface area contributed by atoms with Gasteiger partial charge in [0.05, 0.1) is 0 Å². The highest BCUT2D eigenvalue weighted by Gasteiger charge is 2.29. The van der Waals surface area contributed by atoms with Crippen molar-refractivity contribution >= 4 is 17.5 Å². The van der Waals surface area contributed by atoms with Crippen LogP contribution in [0.1, 0.15) is 47.6 Å². The lowest BCUT2D eigenvalue weighted by Crippen LogP contribution is -2.35. The molecule has 0 radical (unpaired) electrons. The summed E-state index contributed by atoms with van der Waals surface area (Å²) in [5, 5.41) is 9.09. The number of rotatable bonds is 6. The van der Waals surface area contributed by atoms with E-state index in [1.54, 1.807) is 19.0 Å². The number of halogens is 1. The van der Waals surface area contributed by atoms with Crippen molar-refractivity contribution in [2.75, 3.05) is 14.1 Å². The van der Waals surface area contributed by atoms with Crippen LogP contribution in [-0.2, 0) is 25.9 Å². The molecule has 1 unspecified atom stereocenters. The first-order chi connectivity index (χ1) is 12.8. The lowest BCUT2D eigenvalue weighted by atomic mass is 9.90. The lowest BCUT2D eigenvalue weighted by molar-refractivity contribution is 0.0819. The molecule has 1 aliphatic rings. The SMILES string of the molecule is CC(C)Cn1nc(C(=O)N(C)C)c2c1CCC(NCc1ccc(Cl)cc1)C2. The third kappa shape index (κ3) is 4.71. The van der Waals surface area contributed by atoms with E-state index in [-0.39, 0.29) is 5.91 Å². The fourth-order valence-electron chi connectivity index (χ4n) is 3.61. The van der Waals surface area contributed by atoms with Gasteiger partial charge in [-0.2, -0.15) is 5.10 Å². The van der Waals surface area contributed by atoms with Gasteiger partial charge in [-0.15, -0.1) is 0 Å². The molecule has 146 valence electrons. The molecule has 1 amide bonds. The Kier molecular flexibility index (Phi) is 6.22. The Labute approximate surface area is 166 Å².